The molecule has 2 rings (SSSR count). The van der Waals surface area contributed by atoms with Crippen molar-refractivity contribution in [2.24, 2.45) is 0 Å². The predicted molar refractivity (Wildman–Crippen MR) is 56.3 cm³/mol. The van der Waals surface area contributed by atoms with Gasteiger partial charge in [0.1, 0.15) is 0 Å². The topological polar surface area (TPSA) is 36.4 Å². The molecular formula is C11H15FN2O. The zero-order valence-electron chi connectivity index (χ0n) is 8.56. The van der Waals surface area contributed by atoms with Crippen LogP contribution in [0, 0.1) is 5.82 Å². The second-order valence-corrected chi connectivity index (χ2v) is 3.83. The van der Waals surface area contributed by atoms with Crippen LogP contribution >= 0.6 is 0 Å². The van der Waals surface area contributed by atoms with Crippen LogP contribution in [0.2, 0.25) is 0 Å². The first-order chi connectivity index (χ1) is 7.33. The lowest BCUT2D eigenvalue weighted by Crippen LogP contribution is -2.42. The highest BCUT2D eigenvalue weighted by Crippen LogP contribution is 2.24. The molecule has 1 aromatic heterocycles. The summed E-state index contributed by atoms with van der Waals surface area (Å²) in [4.78, 5) is 5.91. The van der Waals surface area contributed by atoms with Crippen molar-refractivity contribution >= 4 is 5.82 Å². The molecule has 1 unspecified atom stereocenters. The van der Waals surface area contributed by atoms with Crippen LogP contribution in [0.25, 0.3) is 0 Å². The minimum atomic E-state index is -0.308. The number of aliphatic hydroxyl groups excluding tert-OH is 1. The Bertz CT molecular complexity index is 332. The largest absolute Gasteiger partial charge is 0.394 e. The summed E-state index contributed by atoms with van der Waals surface area (Å²) in [6.07, 6.45) is 4.62. The van der Waals surface area contributed by atoms with E-state index in [-0.39, 0.29) is 18.5 Å². The lowest BCUT2D eigenvalue weighted by atomic mass is 10.0. The molecule has 1 aromatic rings. The minimum Gasteiger partial charge on any atom is -0.394 e. The fourth-order valence-electron chi connectivity index (χ4n) is 2.06. The number of aliphatic hydroxyl groups is 1. The second kappa shape index (κ2) is 4.57. The highest BCUT2D eigenvalue weighted by atomic mass is 19.1. The van der Waals surface area contributed by atoms with Gasteiger partial charge in [0.2, 0.25) is 0 Å². The highest BCUT2D eigenvalue weighted by molar-refractivity contribution is 5.41. The maximum absolute atomic E-state index is 13.5. The van der Waals surface area contributed by atoms with Crippen LogP contribution in [0.15, 0.2) is 18.3 Å². The summed E-state index contributed by atoms with van der Waals surface area (Å²) in [5.74, 6) is 0.0640. The molecule has 1 saturated heterocycles. The normalized spacial score (nSPS) is 21.7. The Balaban J connectivity index is 2.24. The third kappa shape index (κ3) is 2.09. The molecule has 15 heavy (non-hydrogen) atoms. The predicted octanol–water partition coefficient (Wildman–Crippen LogP) is 1.57. The molecule has 0 amide bonds. The Morgan fingerprint density at radius 2 is 2.40 bits per heavy atom. The Hall–Kier alpha value is -1.16. The molecule has 1 fully saturated rings. The maximum Gasteiger partial charge on any atom is 0.165 e. The monoisotopic (exact) mass is 210 g/mol. The van der Waals surface area contributed by atoms with Crippen LogP contribution < -0.4 is 4.90 Å². The first-order valence-electron chi connectivity index (χ1n) is 5.31. The molecule has 3 nitrogen and oxygen atoms in total. The molecule has 2 heterocycles. The molecule has 1 aliphatic heterocycles. The molecule has 1 aliphatic rings. The van der Waals surface area contributed by atoms with Crippen molar-refractivity contribution < 1.29 is 9.50 Å². The van der Waals surface area contributed by atoms with E-state index in [2.05, 4.69) is 4.98 Å². The Labute approximate surface area is 88.6 Å². The first-order valence-corrected chi connectivity index (χ1v) is 5.31. The fraction of sp³-hybridized carbons (Fsp3) is 0.545. The summed E-state index contributed by atoms with van der Waals surface area (Å²) in [5.41, 5.74) is 0. The van der Waals surface area contributed by atoms with E-state index in [1.165, 1.54) is 6.07 Å². The standard InChI is InChI=1S/C11H15FN2O/c12-10-5-3-6-13-11(10)14-7-2-1-4-9(14)8-15/h3,5-6,9,15H,1-2,4,7-8H2. The second-order valence-electron chi connectivity index (χ2n) is 3.83. The van der Waals surface area contributed by atoms with E-state index in [1.54, 1.807) is 12.3 Å². The van der Waals surface area contributed by atoms with Gasteiger partial charge in [-0.15, -0.1) is 0 Å². The molecule has 0 radical (unpaired) electrons. The van der Waals surface area contributed by atoms with Gasteiger partial charge in [-0.25, -0.2) is 9.37 Å². The Morgan fingerprint density at radius 1 is 1.53 bits per heavy atom. The van der Waals surface area contributed by atoms with Crippen molar-refractivity contribution in [3.63, 3.8) is 0 Å². The van der Waals surface area contributed by atoms with Gasteiger partial charge in [0.25, 0.3) is 0 Å². The van der Waals surface area contributed by atoms with Gasteiger partial charge in [0.15, 0.2) is 11.6 Å². The first kappa shape index (κ1) is 10.4. The van der Waals surface area contributed by atoms with Crippen LogP contribution in [0.4, 0.5) is 10.2 Å². The van der Waals surface area contributed by atoms with Crippen molar-refractivity contribution in [1.82, 2.24) is 4.98 Å². The van der Waals surface area contributed by atoms with Crippen molar-refractivity contribution in [3.05, 3.63) is 24.1 Å². The van der Waals surface area contributed by atoms with Crippen LogP contribution in [0.5, 0.6) is 0 Å². The quantitative estimate of drug-likeness (QED) is 0.805. The van der Waals surface area contributed by atoms with E-state index in [9.17, 15) is 9.50 Å². The van der Waals surface area contributed by atoms with Crippen molar-refractivity contribution in [1.29, 1.82) is 0 Å². The number of anilines is 1. The Morgan fingerprint density at radius 3 is 3.13 bits per heavy atom. The van der Waals surface area contributed by atoms with Gasteiger partial charge in [0.05, 0.1) is 12.6 Å². The molecule has 0 bridgehead atoms. The number of pyridine rings is 1. The zero-order valence-corrected chi connectivity index (χ0v) is 8.56. The lowest BCUT2D eigenvalue weighted by Gasteiger charge is -2.35. The number of hydrogen-bond donors (Lipinski definition) is 1. The van der Waals surface area contributed by atoms with Gasteiger partial charge in [-0.2, -0.15) is 0 Å². The summed E-state index contributed by atoms with van der Waals surface area (Å²) < 4.78 is 13.5. The van der Waals surface area contributed by atoms with E-state index < -0.39 is 0 Å². The van der Waals surface area contributed by atoms with Gasteiger partial charge in [-0.05, 0) is 31.4 Å². The SMILES string of the molecule is OCC1CCCCN1c1ncccc1F. The zero-order chi connectivity index (χ0) is 10.7. The molecule has 0 aliphatic carbocycles. The fourth-order valence-corrected chi connectivity index (χ4v) is 2.06. The van der Waals surface area contributed by atoms with E-state index in [0.717, 1.165) is 25.8 Å². The average Bonchev–Trinajstić information content (AvgIpc) is 2.30. The van der Waals surface area contributed by atoms with Gasteiger partial charge < -0.3 is 10.0 Å². The average molecular weight is 210 g/mol. The summed E-state index contributed by atoms with van der Waals surface area (Å²) >= 11 is 0. The highest BCUT2D eigenvalue weighted by Gasteiger charge is 2.24. The number of hydrogen-bond acceptors (Lipinski definition) is 3. The summed E-state index contributed by atoms with van der Waals surface area (Å²) in [6, 6.07) is 3.01. The maximum atomic E-state index is 13.5. The van der Waals surface area contributed by atoms with E-state index in [4.69, 9.17) is 0 Å². The minimum absolute atomic E-state index is 0.0168. The molecule has 0 aromatic carbocycles. The summed E-state index contributed by atoms with van der Waals surface area (Å²) in [7, 11) is 0. The van der Waals surface area contributed by atoms with Crippen LogP contribution in [0.3, 0.4) is 0 Å². The van der Waals surface area contributed by atoms with Gasteiger partial charge in [-0.3, -0.25) is 0 Å². The number of halogens is 1. The lowest BCUT2D eigenvalue weighted by molar-refractivity contribution is 0.238. The molecule has 1 N–H and O–H groups in total. The number of piperidine rings is 1. The molecular weight excluding hydrogens is 195 g/mol. The molecule has 0 spiro atoms. The smallest absolute Gasteiger partial charge is 0.165 e. The van der Waals surface area contributed by atoms with Gasteiger partial charge >= 0.3 is 0 Å². The van der Waals surface area contributed by atoms with Crippen LogP contribution in [-0.4, -0.2) is 29.3 Å². The van der Waals surface area contributed by atoms with Crippen LogP contribution in [-0.2, 0) is 0 Å². The van der Waals surface area contributed by atoms with Gasteiger partial charge in [-0.1, -0.05) is 0 Å². The summed E-state index contributed by atoms with van der Waals surface area (Å²) in [6.45, 7) is 0.842. The summed E-state index contributed by atoms with van der Waals surface area (Å²) in [5, 5.41) is 9.22. The van der Waals surface area contributed by atoms with Crippen molar-refractivity contribution in [2.45, 2.75) is 25.3 Å². The molecule has 4 heteroatoms. The number of rotatable bonds is 2. The number of aromatic nitrogens is 1. The van der Waals surface area contributed by atoms with E-state index in [0.29, 0.717) is 5.82 Å². The molecule has 82 valence electrons. The van der Waals surface area contributed by atoms with Gasteiger partial charge in [0, 0.05) is 12.7 Å². The van der Waals surface area contributed by atoms with Crippen molar-refractivity contribution in [3.8, 4) is 0 Å². The number of nitrogens with zero attached hydrogens (tertiary/aromatic N) is 2. The van der Waals surface area contributed by atoms with E-state index >= 15 is 0 Å². The molecule has 1 atom stereocenters. The third-order valence-corrected chi connectivity index (χ3v) is 2.85. The van der Waals surface area contributed by atoms with E-state index in [1.807, 2.05) is 4.90 Å². The third-order valence-electron chi connectivity index (χ3n) is 2.85. The molecule has 0 saturated carbocycles. The van der Waals surface area contributed by atoms with Crippen molar-refractivity contribution in [2.75, 3.05) is 18.1 Å². The Kier molecular flexibility index (Phi) is 3.16. The van der Waals surface area contributed by atoms with Crippen LogP contribution in [0.1, 0.15) is 19.3 Å².